The van der Waals surface area contributed by atoms with Gasteiger partial charge in [-0.1, -0.05) is 103 Å². The molecule has 33 heavy (non-hydrogen) atoms. The van der Waals surface area contributed by atoms with Crippen LogP contribution >= 0.6 is 15.9 Å². The van der Waals surface area contributed by atoms with Crippen LogP contribution in [-0.2, 0) is 5.41 Å². The number of hydrogen-bond acceptors (Lipinski definition) is 2. The molecule has 0 spiro atoms. The SMILES string of the molecule is CC1C=CC=CC1c1nc(-c2cccc3c2-c2ccc(Br)cc2C3(C)C)nc2ccccc12. The smallest absolute Gasteiger partial charge is 0.160 e. The van der Waals surface area contributed by atoms with Gasteiger partial charge in [-0.25, -0.2) is 9.97 Å². The lowest BCUT2D eigenvalue weighted by molar-refractivity contribution is 0.624. The van der Waals surface area contributed by atoms with Crippen LogP contribution in [0, 0.1) is 5.92 Å². The lowest BCUT2D eigenvalue weighted by Crippen LogP contribution is -2.15. The average Bonchev–Trinajstić information content (AvgIpc) is 3.05. The third-order valence-electron chi connectivity index (χ3n) is 7.26. The van der Waals surface area contributed by atoms with Gasteiger partial charge in [-0.05, 0) is 46.4 Å². The first kappa shape index (κ1) is 20.6. The largest absolute Gasteiger partial charge is 0.232 e. The Bertz CT molecular complexity index is 1480. The molecule has 0 N–H and O–H groups in total. The van der Waals surface area contributed by atoms with Crippen molar-refractivity contribution in [2.45, 2.75) is 32.1 Å². The standard InChI is InChI=1S/C30H25BrN2/c1-18-9-4-5-10-20(18)28-22-11-6-7-14-26(22)32-29(33-28)23-12-8-13-24-27(23)21-16-15-19(31)17-25(21)30(24,2)3/h4-18,20H,1-3H3. The Hall–Kier alpha value is -3.04. The Morgan fingerprint density at radius 3 is 2.48 bits per heavy atom. The van der Waals surface area contributed by atoms with E-state index in [0.29, 0.717) is 5.92 Å². The number of allylic oxidation sites excluding steroid dienone is 4. The van der Waals surface area contributed by atoms with Crippen LogP contribution in [0.15, 0.2) is 89.4 Å². The molecule has 6 rings (SSSR count). The number of nitrogens with zero attached hydrogens (tertiary/aromatic N) is 2. The van der Waals surface area contributed by atoms with Crippen molar-refractivity contribution in [3.8, 4) is 22.5 Å². The lowest BCUT2D eigenvalue weighted by atomic mass is 9.82. The molecule has 3 aromatic carbocycles. The van der Waals surface area contributed by atoms with Gasteiger partial charge in [0, 0.05) is 26.8 Å². The van der Waals surface area contributed by atoms with E-state index in [9.17, 15) is 0 Å². The van der Waals surface area contributed by atoms with E-state index < -0.39 is 0 Å². The second kappa shape index (κ2) is 7.50. The molecule has 0 amide bonds. The molecule has 2 atom stereocenters. The minimum atomic E-state index is -0.0739. The number of halogens is 1. The monoisotopic (exact) mass is 492 g/mol. The van der Waals surface area contributed by atoms with Gasteiger partial charge in [-0.2, -0.15) is 0 Å². The fourth-order valence-corrected chi connectivity index (χ4v) is 5.84. The van der Waals surface area contributed by atoms with Gasteiger partial charge in [-0.3, -0.25) is 0 Å². The summed E-state index contributed by atoms with van der Waals surface area (Å²) >= 11 is 3.67. The Kier molecular flexibility index (Phi) is 4.67. The Labute approximate surface area is 203 Å². The Morgan fingerprint density at radius 2 is 1.64 bits per heavy atom. The normalized spacial score (nSPS) is 20.1. The topological polar surface area (TPSA) is 25.8 Å². The fourth-order valence-electron chi connectivity index (χ4n) is 5.48. The Morgan fingerprint density at radius 1 is 0.818 bits per heavy atom. The summed E-state index contributed by atoms with van der Waals surface area (Å²) in [5.74, 6) is 1.43. The summed E-state index contributed by atoms with van der Waals surface area (Å²) in [6.45, 7) is 6.88. The zero-order valence-corrected chi connectivity index (χ0v) is 20.6. The van der Waals surface area contributed by atoms with Crippen LogP contribution in [0.3, 0.4) is 0 Å². The molecule has 162 valence electrons. The van der Waals surface area contributed by atoms with Crippen molar-refractivity contribution < 1.29 is 0 Å². The highest BCUT2D eigenvalue weighted by atomic mass is 79.9. The van der Waals surface area contributed by atoms with E-state index in [0.717, 1.165) is 32.5 Å². The molecular formula is C30H25BrN2. The van der Waals surface area contributed by atoms with Crippen LogP contribution in [-0.4, -0.2) is 9.97 Å². The lowest BCUT2D eigenvalue weighted by Gasteiger charge is -2.23. The van der Waals surface area contributed by atoms with Crippen molar-refractivity contribution in [1.82, 2.24) is 9.97 Å². The molecule has 2 nitrogen and oxygen atoms in total. The van der Waals surface area contributed by atoms with E-state index in [2.05, 4.69) is 122 Å². The number of aromatic nitrogens is 2. The van der Waals surface area contributed by atoms with Gasteiger partial charge in [0.2, 0.25) is 0 Å². The van der Waals surface area contributed by atoms with E-state index >= 15 is 0 Å². The molecule has 1 aromatic heterocycles. The molecule has 2 unspecified atom stereocenters. The minimum Gasteiger partial charge on any atom is -0.232 e. The maximum absolute atomic E-state index is 5.26. The summed E-state index contributed by atoms with van der Waals surface area (Å²) in [6, 6.07) is 21.6. The number of fused-ring (bicyclic) bond motifs is 4. The zero-order valence-electron chi connectivity index (χ0n) is 19.0. The molecule has 0 saturated heterocycles. The average molecular weight is 493 g/mol. The maximum Gasteiger partial charge on any atom is 0.160 e. The third kappa shape index (κ3) is 3.13. The molecule has 2 aliphatic carbocycles. The highest BCUT2D eigenvalue weighted by molar-refractivity contribution is 9.10. The first-order valence-electron chi connectivity index (χ1n) is 11.5. The molecule has 0 bridgehead atoms. The molecule has 2 aliphatic rings. The molecule has 0 radical (unpaired) electrons. The molecule has 0 fully saturated rings. The summed E-state index contributed by atoms with van der Waals surface area (Å²) in [5, 5.41) is 1.13. The third-order valence-corrected chi connectivity index (χ3v) is 7.76. The summed E-state index contributed by atoms with van der Waals surface area (Å²) in [4.78, 5) is 10.3. The number of hydrogen-bond donors (Lipinski definition) is 0. The van der Waals surface area contributed by atoms with Crippen molar-refractivity contribution in [2.75, 3.05) is 0 Å². The van der Waals surface area contributed by atoms with Crippen molar-refractivity contribution in [3.05, 3.63) is 106 Å². The van der Waals surface area contributed by atoms with Crippen LogP contribution in [0.2, 0.25) is 0 Å². The maximum atomic E-state index is 5.26. The second-order valence-electron chi connectivity index (χ2n) is 9.65. The highest BCUT2D eigenvalue weighted by Crippen LogP contribution is 2.52. The minimum absolute atomic E-state index is 0.0739. The van der Waals surface area contributed by atoms with Crippen LogP contribution < -0.4 is 0 Å². The van der Waals surface area contributed by atoms with Crippen molar-refractivity contribution in [2.24, 2.45) is 5.92 Å². The van der Waals surface area contributed by atoms with Gasteiger partial charge in [0.15, 0.2) is 5.82 Å². The fraction of sp³-hybridized carbons (Fsp3) is 0.200. The first-order valence-corrected chi connectivity index (χ1v) is 12.3. The van der Waals surface area contributed by atoms with Gasteiger partial charge in [0.25, 0.3) is 0 Å². The van der Waals surface area contributed by atoms with Gasteiger partial charge in [0.1, 0.15) is 0 Å². The van der Waals surface area contributed by atoms with Gasteiger partial charge < -0.3 is 0 Å². The van der Waals surface area contributed by atoms with Crippen molar-refractivity contribution in [1.29, 1.82) is 0 Å². The second-order valence-corrected chi connectivity index (χ2v) is 10.6. The van der Waals surface area contributed by atoms with Gasteiger partial charge >= 0.3 is 0 Å². The van der Waals surface area contributed by atoms with E-state index in [-0.39, 0.29) is 11.3 Å². The quantitative estimate of drug-likeness (QED) is 0.281. The number of rotatable bonds is 2. The molecular weight excluding hydrogens is 468 g/mol. The summed E-state index contributed by atoms with van der Waals surface area (Å²) < 4.78 is 1.11. The highest BCUT2D eigenvalue weighted by Gasteiger charge is 2.37. The molecule has 4 aromatic rings. The van der Waals surface area contributed by atoms with E-state index in [1.54, 1.807) is 0 Å². The molecule has 3 heteroatoms. The number of benzene rings is 3. The van der Waals surface area contributed by atoms with E-state index in [1.165, 1.54) is 22.3 Å². The molecule has 1 heterocycles. The van der Waals surface area contributed by atoms with E-state index in [4.69, 9.17) is 9.97 Å². The predicted molar refractivity (Wildman–Crippen MR) is 140 cm³/mol. The van der Waals surface area contributed by atoms with Crippen LogP contribution in [0.5, 0.6) is 0 Å². The zero-order chi connectivity index (χ0) is 22.7. The molecule has 0 saturated carbocycles. The predicted octanol–water partition coefficient (Wildman–Crippen LogP) is 8.21. The summed E-state index contributed by atoms with van der Waals surface area (Å²) in [6.07, 6.45) is 8.80. The van der Waals surface area contributed by atoms with E-state index in [1.807, 2.05) is 0 Å². The summed E-state index contributed by atoms with van der Waals surface area (Å²) in [5.41, 5.74) is 8.36. The summed E-state index contributed by atoms with van der Waals surface area (Å²) in [7, 11) is 0. The van der Waals surface area contributed by atoms with Gasteiger partial charge in [-0.15, -0.1) is 0 Å². The first-order chi connectivity index (χ1) is 15.9. The number of para-hydroxylation sites is 1. The van der Waals surface area contributed by atoms with Crippen molar-refractivity contribution in [3.63, 3.8) is 0 Å². The van der Waals surface area contributed by atoms with Crippen molar-refractivity contribution >= 4 is 26.8 Å². The van der Waals surface area contributed by atoms with Crippen LogP contribution in [0.4, 0.5) is 0 Å². The van der Waals surface area contributed by atoms with Crippen LogP contribution in [0.1, 0.15) is 43.5 Å². The Balaban J connectivity index is 1.63. The molecule has 0 aliphatic heterocycles. The van der Waals surface area contributed by atoms with Crippen LogP contribution in [0.25, 0.3) is 33.4 Å². The van der Waals surface area contributed by atoms with Gasteiger partial charge in [0.05, 0.1) is 11.2 Å².